The van der Waals surface area contributed by atoms with E-state index >= 15 is 0 Å². The van der Waals surface area contributed by atoms with Gasteiger partial charge in [-0.25, -0.2) is 0 Å². The fourth-order valence-corrected chi connectivity index (χ4v) is 2.08. The van der Waals surface area contributed by atoms with Crippen molar-refractivity contribution in [2.24, 2.45) is 0 Å². The van der Waals surface area contributed by atoms with Gasteiger partial charge in [-0.2, -0.15) is 0 Å². The Hall–Kier alpha value is -3.09. The second kappa shape index (κ2) is 9.92. The van der Waals surface area contributed by atoms with Gasteiger partial charge < -0.3 is 0 Å². The van der Waals surface area contributed by atoms with Crippen molar-refractivity contribution in [3.05, 3.63) is 79.4 Å². The molecule has 0 aromatic heterocycles. The van der Waals surface area contributed by atoms with Gasteiger partial charge in [0, 0.05) is 17.2 Å². The van der Waals surface area contributed by atoms with Crippen LogP contribution in [0.25, 0.3) is 0 Å². The van der Waals surface area contributed by atoms with Gasteiger partial charge in [-0.15, -0.1) is 0 Å². The molecule has 0 radical (unpaired) electrons. The number of ketones is 1. The molecule has 0 atom stereocenters. The molecular weight excluding hydrogens is 324 g/mol. The normalized spacial score (nSPS) is 9.24. The van der Waals surface area contributed by atoms with E-state index in [2.05, 4.69) is 6.92 Å². The van der Waals surface area contributed by atoms with E-state index in [0.29, 0.717) is 5.56 Å². The summed E-state index contributed by atoms with van der Waals surface area (Å²) in [5.41, 5.74) is 1.91. The molecule has 0 N–H and O–H groups in total. The predicted octanol–water partition coefficient (Wildman–Crippen LogP) is 4.90. The first-order valence-electron chi connectivity index (χ1n) is 7.26. The van der Waals surface area contributed by atoms with Crippen molar-refractivity contribution in [2.45, 2.75) is 34.6 Å². The second-order valence-electron chi connectivity index (χ2n) is 5.05. The molecule has 0 aliphatic heterocycles. The highest BCUT2D eigenvalue weighted by Crippen LogP contribution is 2.23. The molecule has 25 heavy (non-hydrogen) atoms. The number of rotatable bonds is 4. The third kappa shape index (κ3) is 6.14. The predicted molar refractivity (Wildman–Crippen MR) is 97.0 cm³/mol. The van der Waals surface area contributed by atoms with Crippen LogP contribution in [0.1, 0.15) is 42.8 Å². The molecule has 0 saturated carbocycles. The van der Waals surface area contributed by atoms with E-state index in [4.69, 9.17) is 0 Å². The Labute approximate surface area is 146 Å². The number of benzene rings is 2. The number of carbonyl (C=O) groups excluding carboxylic acids is 1. The zero-order valence-corrected chi connectivity index (χ0v) is 13.7. The van der Waals surface area contributed by atoms with Crippen molar-refractivity contribution in [3.8, 4) is 0 Å². The Morgan fingerprint density at radius 2 is 1.64 bits per heavy atom. The van der Waals surface area contributed by atoms with E-state index < -0.39 is 9.85 Å². The van der Waals surface area contributed by atoms with Gasteiger partial charge in [0.15, 0.2) is 5.78 Å². The van der Waals surface area contributed by atoms with Crippen LogP contribution in [0.5, 0.6) is 0 Å². The number of hydrogen-bond donors (Lipinski definition) is 0. The summed E-state index contributed by atoms with van der Waals surface area (Å²) in [5.74, 6) is 0.155. The highest BCUT2D eigenvalue weighted by atomic mass is 16.6. The number of nitrogens with zero attached hydrogens (tertiary/aromatic N) is 2. The van der Waals surface area contributed by atoms with Crippen molar-refractivity contribution in [2.75, 3.05) is 0 Å². The van der Waals surface area contributed by atoms with Gasteiger partial charge in [-0.1, -0.05) is 38.6 Å². The monoisotopic (exact) mass is 346 g/mol. The topological polar surface area (TPSA) is 103 Å². The molecule has 0 fully saturated rings. The first-order chi connectivity index (χ1) is 11.3. The van der Waals surface area contributed by atoms with Crippen LogP contribution in [0.4, 0.5) is 11.4 Å². The van der Waals surface area contributed by atoms with E-state index in [1.807, 2.05) is 24.3 Å². The molecule has 7 heteroatoms. The Balaban J connectivity index is 0.000000449. The quantitative estimate of drug-likeness (QED) is 0.445. The van der Waals surface area contributed by atoms with Crippen LogP contribution in [-0.4, -0.2) is 15.6 Å². The third-order valence-corrected chi connectivity index (χ3v) is 3.38. The van der Waals surface area contributed by atoms with Crippen LogP contribution < -0.4 is 0 Å². The standard InChI is InChI=1S/C10H12O.C7H6N2O4.CH4/c1-3-9-6-4-5-7-10(9)8(2)11;1-5-2-3-6(8(10)11)4-7(5)9(12)13;/h4-7H,3H2,1-2H3;2-4H,1H3;1H4. The second-order valence-corrected chi connectivity index (χ2v) is 5.05. The average Bonchev–Trinajstić information content (AvgIpc) is 2.55. The van der Waals surface area contributed by atoms with Gasteiger partial charge in [-0.05, 0) is 31.9 Å². The van der Waals surface area contributed by atoms with E-state index in [1.54, 1.807) is 6.92 Å². The summed E-state index contributed by atoms with van der Waals surface area (Å²) < 4.78 is 0. The Morgan fingerprint density at radius 1 is 1.04 bits per heavy atom. The highest BCUT2D eigenvalue weighted by molar-refractivity contribution is 5.95. The van der Waals surface area contributed by atoms with Gasteiger partial charge in [0.25, 0.3) is 11.4 Å². The molecule has 0 heterocycles. The van der Waals surface area contributed by atoms with Gasteiger partial charge in [0.05, 0.1) is 15.9 Å². The van der Waals surface area contributed by atoms with Crippen molar-refractivity contribution < 1.29 is 14.6 Å². The molecule has 0 spiro atoms. The Bertz CT molecular complexity index is 772. The molecule has 2 aromatic carbocycles. The molecule has 0 bridgehead atoms. The number of carbonyl (C=O) groups is 1. The summed E-state index contributed by atoms with van der Waals surface area (Å²) in [5, 5.41) is 20.6. The number of nitro groups is 2. The largest absolute Gasteiger partial charge is 0.295 e. The molecule has 2 rings (SSSR count). The van der Waals surface area contributed by atoms with E-state index in [1.165, 1.54) is 19.1 Å². The van der Waals surface area contributed by atoms with Crippen molar-refractivity contribution in [1.82, 2.24) is 0 Å². The number of nitro benzene ring substituents is 2. The average molecular weight is 346 g/mol. The minimum atomic E-state index is -0.660. The lowest BCUT2D eigenvalue weighted by atomic mass is 10.0. The number of non-ortho nitro benzene ring substituents is 1. The molecular formula is C18H22N2O5. The van der Waals surface area contributed by atoms with Crippen molar-refractivity contribution in [1.29, 1.82) is 0 Å². The lowest BCUT2D eigenvalue weighted by molar-refractivity contribution is -0.394. The molecule has 7 nitrogen and oxygen atoms in total. The minimum absolute atomic E-state index is 0. The fraction of sp³-hybridized carbons (Fsp3) is 0.278. The Kier molecular flexibility index (Phi) is 8.69. The summed E-state index contributed by atoms with van der Waals surface area (Å²) >= 11 is 0. The van der Waals surface area contributed by atoms with Gasteiger partial charge >= 0.3 is 0 Å². The zero-order valence-electron chi connectivity index (χ0n) is 13.7. The molecule has 134 valence electrons. The van der Waals surface area contributed by atoms with Crippen molar-refractivity contribution in [3.63, 3.8) is 0 Å². The maximum atomic E-state index is 11.0. The van der Waals surface area contributed by atoms with Gasteiger partial charge in [0.1, 0.15) is 0 Å². The van der Waals surface area contributed by atoms with Gasteiger partial charge in [0.2, 0.25) is 0 Å². The smallest absolute Gasteiger partial charge is 0.279 e. The maximum Gasteiger partial charge on any atom is 0.279 e. The van der Waals surface area contributed by atoms with E-state index in [0.717, 1.165) is 23.6 Å². The zero-order chi connectivity index (χ0) is 18.3. The minimum Gasteiger partial charge on any atom is -0.295 e. The Morgan fingerprint density at radius 3 is 2.08 bits per heavy atom. The molecule has 0 unspecified atom stereocenters. The molecule has 0 aliphatic carbocycles. The fourth-order valence-electron chi connectivity index (χ4n) is 2.08. The molecule has 0 amide bonds. The van der Waals surface area contributed by atoms with E-state index in [9.17, 15) is 25.0 Å². The first-order valence-corrected chi connectivity index (χ1v) is 7.26. The molecule has 2 aromatic rings. The van der Waals surface area contributed by atoms with Gasteiger partial charge in [-0.3, -0.25) is 25.0 Å². The maximum absolute atomic E-state index is 11.0. The van der Waals surface area contributed by atoms with Crippen LogP contribution in [0.2, 0.25) is 0 Å². The first kappa shape index (κ1) is 21.9. The van der Waals surface area contributed by atoms with Crippen molar-refractivity contribution >= 4 is 17.2 Å². The number of Topliss-reactive ketones (excluding diaryl/α,β-unsaturated/α-hetero) is 1. The summed E-state index contributed by atoms with van der Waals surface area (Å²) in [7, 11) is 0. The lowest BCUT2D eigenvalue weighted by Gasteiger charge is -2.01. The molecule has 0 aliphatic rings. The van der Waals surface area contributed by atoms with Crippen LogP contribution >= 0.6 is 0 Å². The van der Waals surface area contributed by atoms with Crippen LogP contribution in [0, 0.1) is 27.2 Å². The van der Waals surface area contributed by atoms with Crippen LogP contribution in [0.15, 0.2) is 42.5 Å². The summed E-state index contributed by atoms with van der Waals surface area (Å²) in [4.78, 5) is 30.4. The van der Waals surface area contributed by atoms with E-state index in [-0.39, 0.29) is 24.6 Å². The van der Waals surface area contributed by atoms with Crippen LogP contribution in [-0.2, 0) is 6.42 Å². The summed E-state index contributed by atoms with van der Waals surface area (Å²) in [6.07, 6.45) is 0.926. The molecule has 0 saturated heterocycles. The summed E-state index contributed by atoms with van der Waals surface area (Å²) in [6, 6.07) is 11.3. The number of aryl methyl sites for hydroxylation is 2. The lowest BCUT2D eigenvalue weighted by Crippen LogP contribution is -1.97. The SMILES string of the molecule is C.CCc1ccccc1C(C)=O.Cc1ccc([N+](=O)[O-])cc1[N+](=O)[O-]. The third-order valence-electron chi connectivity index (χ3n) is 3.38. The number of hydrogen-bond acceptors (Lipinski definition) is 5. The van der Waals surface area contributed by atoms with Crippen LogP contribution in [0.3, 0.4) is 0 Å². The summed E-state index contributed by atoms with van der Waals surface area (Å²) in [6.45, 7) is 5.19. The highest BCUT2D eigenvalue weighted by Gasteiger charge is 2.15.